The first-order chi connectivity index (χ1) is 18.1. The maximum Gasteiger partial charge on any atom is 0.472 e. The maximum atomic E-state index is 12.2. The Morgan fingerprint density at radius 3 is 1.95 bits per heavy atom. The third-order valence-corrected chi connectivity index (χ3v) is 6.52. The summed E-state index contributed by atoms with van der Waals surface area (Å²) in [4.78, 5) is 44.1. The average molecular weight is 566 g/mol. The third-order valence-electron chi connectivity index (χ3n) is 5.57. The summed E-state index contributed by atoms with van der Waals surface area (Å²) in [6.45, 7) is 2.10. The predicted molar refractivity (Wildman–Crippen MR) is 143 cm³/mol. The number of carbonyl (C=O) groups excluding carboxylic acids is 2. The van der Waals surface area contributed by atoms with Gasteiger partial charge in [0.05, 0.1) is 13.2 Å². The number of phosphoric ester groups is 1. The van der Waals surface area contributed by atoms with Gasteiger partial charge in [0.1, 0.15) is 12.6 Å². The van der Waals surface area contributed by atoms with Crippen molar-refractivity contribution in [2.45, 2.75) is 116 Å². The molecule has 38 heavy (non-hydrogen) atoms. The van der Waals surface area contributed by atoms with Crippen molar-refractivity contribution < 1.29 is 47.5 Å². The van der Waals surface area contributed by atoms with E-state index in [4.69, 9.17) is 24.8 Å². The number of hydrogen-bond donors (Lipinski definition) is 3. The molecule has 12 heteroatoms. The largest absolute Gasteiger partial charge is 0.480 e. The Hall–Kier alpha value is -1.78. The van der Waals surface area contributed by atoms with Crippen LogP contribution in [-0.2, 0) is 37.5 Å². The molecule has 0 spiro atoms. The number of nitrogens with two attached hydrogens (primary N) is 1. The van der Waals surface area contributed by atoms with Gasteiger partial charge < -0.3 is 25.2 Å². The van der Waals surface area contributed by atoms with E-state index in [-0.39, 0.29) is 19.4 Å². The van der Waals surface area contributed by atoms with E-state index in [1.165, 1.54) is 32.1 Å². The topological polar surface area (TPSA) is 172 Å². The van der Waals surface area contributed by atoms with Crippen LogP contribution in [0.4, 0.5) is 0 Å². The molecule has 0 bridgehead atoms. The molecular weight excluding hydrogens is 517 g/mol. The Bertz CT molecular complexity index is 731. The van der Waals surface area contributed by atoms with E-state index in [1.54, 1.807) is 6.92 Å². The van der Waals surface area contributed by atoms with Gasteiger partial charge in [0.25, 0.3) is 0 Å². The highest BCUT2D eigenvalue weighted by Crippen LogP contribution is 2.43. The van der Waals surface area contributed by atoms with Crippen molar-refractivity contribution in [3.63, 3.8) is 0 Å². The van der Waals surface area contributed by atoms with Crippen molar-refractivity contribution in [1.29, 1.82) is 0 Å². The minimum Gasteiger partial charge on any atom is -0.480 e. The highest BCUT2D eigenvalue weighted by molar-refractivity contribution is 7.47. The van der Waals surface area contributed by atoms with Gasteiger partial charge >= 0.3 is 25.7 Å². The van der Waals surface area contributed by atoms with Crippen LogP contribution in [0.3, 0.4) is 0 Å². The zero-order valence-electron chi connectivity index (χ0n) is 23.0. The summed E-state index contributed by atoms with van der Waals surface area (Å²) in [5.74, 6) is -2.50. The maximum absolute atomic E-state index is 12.2. The number of unbranched alkanes of at least 4 members (excludes halogenated alkanes) is 10. The normalized spacial score (nSPS) is 14.6. The number of rotatable bonds is 25. The average Bonchev–Trinajstić information content (AvgIpc) is 2.88. The Kier molecular flexibility index (Phi) is 22.1. The molecule has 3 unspecified atom stereocenters. The van der Waals surface area contributed by atoms with Crippen LogP contribution in [0.1, 0.15) is 104 Å². The second-order valence-electron chi connectivity index (χ2n) is 9.13. The molecule has 0 aromatic carbocycles. The summed E-state index contributed by atoms with van der Waals surface area (Å²) in [5, 5.41) is 8.71. The minimum atomic E-state index is -4.67. The van der Waals surface area contributed by atoms with Gasteiger partial charge in [0.2, 0.25) is 0 Å². The van der Waals surface area contributed by atoms with Crippen molar-refractivity contribution in [3.8, 4) is 0 Å². The zero-order chi connectivity index (χ0) is 28.7. The van der Waals surface area contributed by atoms with Crippen LogP contribution in [0.2, 0.25) is 0 Å². The van der Waals surface area contributed by atoms with Crippen LogP contribution in [0.5, 0.6) is 0 Å². The lowest BCUT2D eigenvalue weighted by Crippen LogP contribution is -2.34. The number of hydrogen-bond acceptors (Lipinski definition) is 9. The molecule has 0 saturated carbocycles. The second-order valence-corrected chi connectivity index (χ2v) is 10.6. The van der Waals surface area contributed by atoms with E-state index in [2.05, 4.69) is 23.6 Å². The summed E-state index contributed by atoms with van der Waals surface area (Å²) >= 11 is 0. The molecule has 0 saturated heterocycles. The van der Waals surface area contributed by atoms with Gasteiger partial charge in [-0.15, -0.1) is 0 Å². The Morgan fingerprint density at radius 2 is 1.37 bits per heavy atom. The number of esters is 2. The molecule has 0 aliphatic carbocycles. The molecule has 0 radical (unpaired) electrons. The summed E-state index contributed by atoms with van der Waals surface area (Å²) in [7, 11) is -4.67. The number of carboxylic acids is 1. The first-order valence-electron chi connectivity index (χ1n) is 13.7. The van der Waals surface area contributed by atoms with E-state index < -0.39 is 51.1 Å². The summed E-state index contributed by atoms with van der Waals surface area (Å²) < 4.78 is 31.5. The van der Waals surface area contributed by atoms with E-state index >= 15 is 0 Å². The molecular formula is C26H48NO10P. The number of carboxylic acid groups (broad SMARTS) is 1. The van der Waals surface area contributed by atoms with Crippen LogP contribution in [0.25, 0.3) is 0 Å². The Morgan fingerprint density at radius 1 is 0.816 bits per heavy atom. The number of carbonyl (C=O) groups is 3. The molecule has 0 fully saturated rings. The molecule has 0 aromatic heterocycles. The number of phosphoric acid groups is 1. The molecule has 0 aliphatic rings. The number of ether oxygens (including phenoxy) is 2. The highest BCUT2D eigenvalue weighted by Gasteiger charge is 2.28. The molecule has 4 N–H and O–H groups in total. The van der Waals surface area contributed by atoms with E-state index in [1.807, 2.05) is 0 Å². The molecule has 0 aliphatic heterocycles. The fourth-order valence-electron chi connectivity index (χ4n) is 3.27. The molecule has 0 amide bonds. The van der Waals surface area contributed by atoms with E-state index in [0.717, 1.165) is 38.5 Å². The van der Waals surface area contributed by atoms with Crippen molar-refractivity contribution in [2.24, 2.45) is 5.73 Å². The lowest BCUT2D eigenvalue weighted by molar-refractivity contribution is -0.161. The van der Waals surface area contributed by atoms with Crippen molar-refractivity contribution in [1.82, 2.24) is 0 Å². The number of allylic oxidation sites excluding steroid dienone is 2. The summed E-state index contributed by atoms with van der Waals surface area (Å²) in [6, 6.07) is -1.51. The first-order valence-corrected chi connectivity index (χ1v) is 15.2. The molecule has 11 nitrogen and oxygen atoms in total. The van der Waals surface area contributed by atoms with E-state index in [9.17, 15) is 23.8 Å². The van der Waals surface area contributed by atoms with Crippen LogP contribution in [-0.4, -0.2) is 59.9 Å². The van der Waals surface area contributed by atoms with Crippen LogP contribution in [0.15, 0.2) is 12.2 Å². The van der Waals surface area contributed by atoms with Crippen molar-refractivity contribution in [2.75, 3.05) is 19.8 Å². The molecule has 3 atom stereocenters. The highest BCUT2D eigenvalue weighted by atomic mass is 31.2. The van der Waals surface area contributed by atoms with E-state index in [0.29, 0.717) is 6.42 Å². The fraction of sp³-hybridized carbons (Fsp3) is 0.808. The fourth-order valence-corrected chi connectivity index (χ4v) is 4.05. The van der Waals surface area contributed by atoms with Crippen LogP contribution in [0, 0.1) is 0 Å². The quantitative estimate of drug-likeness (QED) is 0.0585. The van der Waals surface area contributed by atoms with Gasteiger partial charge in [-0.2, -0.15) is 0 Å². The Labute approximate surface area is 227 Å². The van der Waals surface area contributed by atoms with Gasteiger partial charge in [-0.05, 0) is 32.1 Å². The van der Waals surface area contributed by atoms with Gasteiger partial charge in [0, 0.05) is 12.8 Å². The predicted octanol–water partition coefficient (Wildman–Crippen LogP) is 5.04. The summed E-state index contributed by atoms with van der Waals surface area (Å²) in [6.07, 6.45) is 17.0. The third kappa shape index (κ3) is 22.2. The lowest BCUT2D eigenvalue weighted by Gasteiger charge is -2.20. The van der Waals surface area contributed by atoms with Gasteiger partial charge in [0.15, 0.2) is 6.10 Å². The first kappa shape index (κ1) is 36.2. The van der Waals surface area contributed by atoms with Crippen molar-refractivity contribution in [3.05, 3.63) is 12.2 Å². The van der Waals surface area contributed by atoms with Gasteiger partial charge in [-0.3, -0.25) is 23.4 Å². The molecule has 0 rings (SSSR count). The SMILES string of the molecule is CCCCCCC/C=C\CCCCCCCC(=O)OC(COC(=O)CC)COP(=O)(O)OCC(N)C(=O)O. The monoisotopic (exact) mass is 565 g/mol. The van der Waals surface area contributed by atoms with Crippen LogP contribution < -0.4 is 5.73 Å². The smallest absolute Gasteiger partial charge is 0.472 e. The van der Waals surface area contributed by atoms with Gasteiger partial charge in [-0.25, -0.2) is 4.57 Å². The second kappa shape index (κ2) is 23.1. The molecule has 0 aromatic rings. The zero-order valence-corrected chi connectivity index (χ0v) is 23.9. The van der Waals surface area contributed by atoms with Gasteiger partial charge in [-0.1, -0.05) is 70.9 Å². The molecule has 0 heterocycles. The van der Waals surface area contributed by atoms with Crippen molar-refractivity contribution >= 4 is 25.7 Å². The number of aliphatic carboxylic acids is 1. The Balaban J connectivity index is 4.22. The minimum absolute atomic E-state index is 0.102. The molecule has 222 valence electrons. The lowest BCUT2D eigenvalue weighted by atomic mass is 10.1. The standard InChI is InChI=1S/C26H48NO10P/c1-3-5-6-7-8-9-10-11-12-13-14-15-16-17-18-25(29)37-22(19-34-24(28)4-2)20-35-38(32,33)36-21-23(27)26(30)31/h10-11,22-23H,3-9,12-21,27H2,1-2H3,(H,30,31)(H,32,33)/b11-10-. The van der Waals surface area contributed by atoms with Crippen LogP contribution >= 0.6 is 7.82 Å². The summed E-state index contributed by atoms with van der Waals surface area (Å²) in [5.41, 5.74) is 5.23.